The van der Waals surface area contributed by atoms with Gasteiger partial charge in [0.15, 0.2) is 11.5 Å². The zero-order chi connectivity index (χ0) is 21.3. The Labute approximate surface area is 173 Å². The highest BCUT2D eigenvalue weighted by molar-refractivity contribution is 5.93. The third-order valence-electron chi connectivity index (χ3n) is 4.18. The fraction of sp³-hybridized carbons (Fsp3) is 0.136. The summed E-state index contributed by atoms with van der Waals surface area (Å²) >= 11 is 0. The van der Waals surface area contributed by atoms with Crippen molar-refractivity contribution in [2.45, 2.75) is 6.61 Å². The molecule has 154 valence electrons. The monoisotopic (exact) mass is 407 g/mol. The van der Waals surface area contributed by atoms with Gasteiger partial charge in [-0.05, 0) is 53.6 Å². The van der Waals surface area contributed by atoms with Gasteiger partial charge in [-0.1, -0.05) is 12.1 Å². The molecular weight excluding hydrogens is 386 g/mol. The molecule has 3 aromatic rings. The molecule has 2 N–H and O–H groups in total. The van der Waals surface area contributed by atoms with Gasteiger partial charge in [0.25, 0.3) is 5.91 Å². The molecule has 1 heterocycles. The molecule has 2 aromatic carbocycles. The van der Waals surface area contributed by atoms with Crippen LogP contribution in [0.5, 0.6) is 11.5 Å². The van der Waals surface area contributed by atoms with Gasteiger partial charge in [0.2, 0.25) is 0 Å². The van der Waals surface area contributed by atoms with E-state index in [1.807, 2.05) is 0 Å². The van der Waals surface area contributed by atoms with E-state index in [-0.39, 0.29) is 11.9 Å². The van der Waals surface area contributed by atoms with E-state index < -0.39 is 0 Å². The molecule has 8 heteroatoms. The number of aromatic amines is 1. The molecule has 0 bridgehead atoms. The first-order valence-corrected chi connectivity index (χ1v) is 9.05. The molecule has 0 aliphatic rings. The number of nitrogens with zero attached hydrogens (tertiary/aromatic N) is 1. The third-order valence-corrected chi connectivity index (χ3v) is 4.18. The predicted octanol–water partition coefficient (Wildman–Crippen LogP) is 3.15. The van der Waals surface area contributed by atoms with Crippen molar-refractivity contribution in [3.63, 3.8) is 0 Å². The highest BCUT2D eigenvalue weighted by atomic mass is 16.5. The van der Waals surface area contributed by atoms with E-state index in [0.717, 1.165) is 11.1 Å². The summed E-state index contributed by atoms with van der Waals surface area (Å²) in [6.45, 7) is 0.303. The van der Waals surface area contributed by atoms with E-state index in [1.54, 1.807) is 67.9 Å². The van der Waals surface area contributed by atoms with Gasteiger partial charge in [-0.15, -0.1) is 0 Å². The predicted molar refractivity (Wildman–Crippen MR) is 111 cm³/mol. The van der Waals surface area contributed by atoms with Gasteiger partial charge in [-0.25, -0.2) is 10.2 Å². The Morgan fingerprint density at radius 1 is 1.07 bits per heavy atom. The van der Waals surface area contributed by atoms with Crippen molar-refractivity contribution in [2.24, 2.45) is 5.10 Å². The van der Waals surface area contributed by atoms with Crippen LogP contribution in [0, 0.1) is 0 Å². The van der Waals surface area contributed by atoms with Crippen molar-refractivity contribution >= 4 is 18.1 Å². The Bertz CT molecular complexity index is 1030. The summed E-state index contributed by atoms with van der Waals surface area (Å²) in [6.07, 6.45) is 3.17. The molecule has 1 amide bonds. The number of hydrogen-bond donors (Lipinski definition) is 2. The van der Waals surface area contributed by atoms with Crippen molar-refractivity contribution in [3.8, 4) is 11.5 Å². The lowest BCUT2D eigenvalue weighted by Gasteiger charge is -2.11. The van der Waals surface area contributed by atoms with Crippen LogP contribution < -0.4 is 14.9 Å². The van der Waals surface area contributed by atoms with Gasteiger partial charge in [-0.3, -0.25) is 4.79 Å². The van der Waals surface area contributed by atoms with Crippen LogP contribution in [0.3, 0.4) is 0 Å². The minimum atomic E-state index is -0.384. The fourth-order valence-corrected chi connectivity index (χ4v) is 2.60. The van der Waals surface area contributed by atoms with Crippen LogP contribution in [0.1, 0.15) is 32.0 Å². The number of carbonyl (C=O) groups is 2. The lowest BCUT2D eigenvalue weighted by molar-refractivity contribution is 0.0600. The number of H-pyrrole nitrogens is 1. The van der Waals surface area contributed by atoms with Crippen LogP contribution in [-0.4, -0.2) is 37.3 Å². The van der Waals surface area contributed by atoms with Crippen LogP contribution in [0.2, 0.25) is 0 Å². The summed E-state index contributed by atoms with van der Waals surface area (Å²) in [6, 6.07) is 15.7. The molecule has 0 radical (unpaired) electrons. The van der Waals surface area contributed by atoms with Crippen LogP contribution in [-0.2, 0) is 11.3 Å². The minimum Gasteiger partial charge on any atom is -0.493 e. The molecule has 0 aliphatic heterocycles. The third kappa shape index (κ3) is 5.26. The number of carbonyl (C=O) groups excluding carboxylic acids is 2. The van der Waals surface area contributed by atoms with Crippen LogP contribution in [0.4, 0.5) is 0 Å². The molecule has 0 unspecified atom stereocenters. The van der Waals surface area contributed by atoms with Gasteiger partial charge >= 0.3 is 5.97 Å². The second-order valence-corrected chi connectivity index (χ2v) is 6.17. The molecule has 0 atom stereocenters. The Morgan fingerprint density at radius 3 is 2.53 bits per heavy atom. The molecule has 3 rings (SSSR count). The quantitative estimate of drug-likeness (QED) is 0.339. The van der Waals surface area contributed by atoms with Crippen molar-refractivity contribution in [3.05, 3.63) is 83.2 Å². The number of hydrazone groups is 1. The molecule has 0 aliphatic carbocycles. The normalized spacial score (nSPS) is 10.6. The number of esters is 1. The van der Waals surface area contributed by atoms with E-state index in [4.69, 9.17) is 9.47 Å². The van der Waals surface area contributed by atoms with Crippen LogP contribution in [0.15, 0.2) is 65.9 Å². The smallest absolute Gasteiger partial charge is 0.337 e. The lowest BCUT2D eigenvalue weighted by atomic mass is 10.1. The van der Waals surface area contributed by atoms with Crippen molar-refractivity contribution in [2.75, 3.05) is 14.2 Å². The SMILES string of the molecule is COC(=O)c1ccc(COc2ccc(/C=N\NC(=O)c3ccc[nH]3)cc2OC)cc1. The van der Waals surface area contributed by atoms with Gasteiger partial charge in [0.05, 0.1) is 26.0 Å². The number of ether oxygens (including phenoxy) is 3. The average Bonchev–Trinajstić information content (AvgIpc) is 3.33. The molecule has 1 aromatic heterocycles. The van der Waals surface area contributed by atoms with Crippen molar-refractivity contribution in [1.29, 1.82) is 0 Å². The molecule has 0 saturated heterocycles. The first kappa shape index (κ1) is 20.7. The van der Waals surface area contributed by atoms with E-state index in [1.165, 1.54) is 13.3 Å². The summed E-state index contributed by atoms with van der Waals surface area (Å²) in [4.78, 5) is 26.1. The second kappa shape index (κ2) is 9.92. The lowest BCUT2D eigenvalue weighted by Crippen LogP contribution is -2.17. The number of aromatic nitrogens is 1. The Hall–Kier alpha value is -4.07. The van der Waals surface area contributed by atoms with Gasteiger partial charge in [0.1, 0.15) is 12.3 Å². The number of nitrogens with one attached hydrogen (secondary N) is 2. The standard InChI is InChI=1S/C22H21N3O5/c1-28-20-12-16(13-24-25-21(26)18-4-3-11-23-18)7-10-19(20)30-14-15-5-8-17(9-6-15)22(27)29-2/h3-13,23H,14H2,1-2H3,(H,25,26)/b24-13-. The van der Waals surface area contributed by atoms with Gasteiger partial charge in [0, 0.05) is 6.20 Å². The molecule has 0 spiro atoms. The average molecular weight is 407 g/mol. The number of rotatable bonds is 8. The zero-order valence-electron chi connectivity index (χ0n) is 16.5. The highest BCUT2D eigenvalue weighted by Crippen LogP contribution is 2.28. The Balaban J connectivity index is 1.60. The summed E-state index contributed by atoms with van der Waals surface area (Å²) < 4.78 is 15.9. The largest absolute Gasteiger partial charge is 0.493 e. The van der Waals surface area contributed by atoms with Gasteiger partial charge < -0.3 is 19.2 Å². The second-order valence-electron chi connectivity index (χ2n) is 6.17. The molecular formula is C22H21N3O5. The van der Waals surface area contributed by atoms with Crippen LogP contribution >= 0.6 is 0 Å². The Morgan fingerprint density at radius 2 is 1.87 bits per heavy atom. The summed E-state index contributed by atoms with van der Waals surface area (Å²) in [5, 5.41) is 3.95. The number of methoxy groups -OCH3 is 2. The van der Waals surface area contributed by atoms with Crippen molar-refractivity contribution in [1.82, 2.24) is 10.4 Å². The maximum atomic E-state index is 11.8. The van der Waals surface area contributed by atoms with Gasteiger partial charge in [-0.2, -0.15) is 5.10 Å². The fourth-order valence-electron chi connectivity index (χ4n) is 2.60. The number of hydrogen-bond acceptors (Lipinski definition) is 6. The molecule has 30 heavy (non-hydrogen) atoms. The van der Waals surface area contributed by atoms with E-state index in [0.29, 0.717) is 29.4 Å². The van der Waals surface area contributed by atoms with E-state index in [2.05, 4.69) is 20.2 Å². The maximum absolute atomic E-state index is 11.8. The summed E-state index contributed by atoms with van der Waals surface area (Å²) in [7, 11) is 2.89. The van der Waals surface area contributed by atoms with Crippen molar-refractivity contribution < 1.29 is 23.8 Å². The van der Waals surface area contributed by atoms with E-state index in [9.17, 15) is 9.59 Å². The molecule has 0 fully saturated rings. The van der Waals surface area contributed by atoms with E-state index >= 15 is 0 Å². The van der Waals surface area contributed by atoms with Crippen LogP contribution in [0.25, 0.3) is 0 Å². The Kier molecular flexibility index (Phi) is 6.83. The molecule has 0 saturated carbocycles. The highest BCUT2D eigenvalue weighted by Gasteiger charge is 2.08. The molecule has 8 nitrogen and oxygen atoms in total. The first-order valence-electron chi connectivity index (χ1n) is 9.05. The minimum absolute atomic E-state index is 0.303. The summed E-state index contributed by atoms with van der Waals surface area (Å²) in [5.41, 5.74) is 4.97. The first-order chi connectivity index (χ1) is 14.6. The zero-order valence-corrected chi connectivity index (χ0v) is 16.5. The topological polar surface area (TPSA) is 102 Å². The number of amides is 1. The number of benzene rings is 2. The maximum Gasteiger partial charge on any atom is 0.337 e. The summed E-state index contributed by atoms with van der Waals surface area (Å²) in [5.74, 6) is 0.370.